The molecule has 2 aliphatic rings. The minimum absolute atomic E-state index is 0.00810. The summed E-state index contributed by atoms with van der Waals surface area (Å²) in [4.78, 5) is 38.8. The number of rotatable bonds is 7. The van der Waals surface area contributed by atoms with Crippen molar-refractivity contribution >= 4 is 22.8 Å². The molecule has 0 bridgehead atoms. The SMILES string of the molecule is O=C(NC1CCSC1=O)c1ccc(COc2coc(CN3Cc4ccccc4C3)cc2=O)cc1. The van der Waals surface area contributed by atoms with Crippen LogP contribution >= 0.6 is 11.8 Å². The highest BCUT2D eigenvalue weighted by Gasteiger charge is 2.27. The van der Waals surface area contributed by atoms with Crippen molar-refractivity contribution < 1.29 is 18.7 Å². The Hall–Kier alpha value is -3.36. The molecular weight excluding hydrogens is 452 g/mol. The maximum atomic E-state index is 12.5. The zero-order valence-electron chi connectivity index (χ0n) is 18.5. The third-order valence-corrected chi connectivity index (χ3v) is 7.00. The number of carbonyl (C=O) groups is 2. The van der Waals surface area contributed by atoms with Crippen molar-refractivity contribution in [2.45, 2.75) is 38.7 Å². The molecule has 1 atom stereocenters. The van der Waals surface area contributed by atoms with E-state index in [9.17, 15) is 14.4 Å². The lowest BCUT2D eigenvalue weighted by atomic mass is 10.1. The monoisotopic (exact) mass is 476 g/mol. The van der Waals surface area contributed by atoms with Crippen LogP contribution in [0.15, 0.2) is 70.1 Å². The minimum Gasteiger partial charge on any atom is -0.482 e. The Labute approximate surface area is 201 Å². The van der Waals surface area contributed by atoms with Crippen molar-refractivity contribution in [3.63, 3.8) is 0 Å². The Bertz CT molecular complexity index is 1250. The minimum atomic E-state index is -0.413. The van der Waals surface area contributed by atoms with Gasteiger partial charge in [0, 0.05) is 30.5 Å². The first kappa shape index (κ1) is 22.4. The van der Waals surface area contributed by atoms with E-state index in [1.807, 2.05) is 12.1 Å². The lowest BCUT2D eigenvalue weighted by molar-refractivity contribution is -0.112. The molecule has 0 aliphatic carbocycles. The van der Waals surface area contributed by atoms with E-state index in [1.54, 1.807) is 24.3 Å². The van der Waals surface area contributed by atoms with Crippen LogP contribution in [0.25, 0.3) is 0 Å². The number of benzene rings is 2. The smallest absolute Gasteiger partial charge is 0.251 e. The van der Waals surface area contributed by atoms with E-state index < -0.39 is 6.04 Å². The largest absolute Gasteiger partial charge is 0.482 e. The topological polar surface area (TPSA) is 88.8 Å². The molecule has 3 aromatic rings. The van der Waals surface area contributed by atoms with Crippen LogP contribution in [0.3, 0.4) is 0 Å². The summed E-state index contributed by atoms with van der Waals surface area (Å²) in [6.07, 6.45) is 2.02. The number of amides is 1. The number of nitrogens with one attached hydrogen (secondary N) is 1. The van der Waals surface area contributed by atoms with Gasteiger partial charge in [0.1, 0.15) is 18.6 Å². The van der Waals surface area contributed by atoms with Crippen LogP contribution in [-0.4, -0.2) is 27.7 Å². The van der Waals surface area contributed by atoms with Gasteiger partial charge in [-0.3, -0.25) is 19.3 Å². The highest BCUT2D eigenvalue weighted by atomic mass is 32.2. The second kappa shape index (κ2) is 9.87. The molecule has 7 nitrogen and oxygen atoms in total. The van der Waals surface area contributed by atoms with Crippen LogP contribution in [0.5, 0.6) is 5.75 Å². The van der Waals surface area contributed by atoms with Crippen LogP contribution in [0.4, 0.5) is 0 Å². The summed E-state index contributed by atoms with van der Waals surface area (Å²) in [5, 5.41) is 2.78. The molecule has 2 aliphatic heterocycles. The first-order chi connectivity index (χ1) is 16.5. The van der Waals surface area contributed by atoms with Gasteiger partial charge in [0.25, 0.3) is 5.91 Å². The number of nitrogens with zero attached hydrogens (tertiary/aromatic N) is 1. The van der Waals surface area contributed by atoms with Gasteiger partial charge in [-0.1, -0.05) is 48.2 Å². The zero-order valence-corrected chi connectivity index (χ0v) is 19.3. The highest BCUT2D eigenvalue weighted by molar-refractivity contribution is 8.14. The number of hydrogen-bond acceptors (Lipinski definition) is 7. The molecule has 2 aromatic carbocycles. The molecule has 0 saturated carbocycles. The number of ether oxygens (including phenoxy) is 1. The molecule has 5 rings (SSSR count). The lowest BCUT2D eigenvalue weighted by Crippen LogP contribution is -2.37. The molecule has 1 unspecified atom stereocenters. The Balaban J connectivity index is 1.14. The molecule has 0 radical (unpaired) electrons. The van der Waals surface area contributed by atoms with Crippen molar-refractivity contribution in [3.05, 3.63) is 99.1 Å². The van der Waals surface area contributed by atoms with Gasteiger partial charge in [-0.25, -0.2) is 0 Å². The quantitative estimate of drug-likeness (QED) is 0.558. The van der Waals surface area contributed by atoms with Gasteiger partial charge in [0.05, 0.1) is 12.6 Å². The molecule has 34 heavy (non-hydrogen) atoms. The van der Waals surface area contributed by atoms with Gasteiger partial charge < -0.3 is 14.5 Å². The summed E-state index contributed by atoms with van der Waals surface area (Å²) < 4.78 is 11.3. The maximum absolute atomic E-state index is 12.5. The van der Waals surface area contributed by atoms with Gasteiger partial charge in [0.2, 0.25) is 16.3 Å². The van der Waals surface area contributed by atoms with Crippen LogP contribution in [-0.2, 0) is 31.0 Å². The average Bonchev–Trinajstić information content (AvgIpc) is 3.44. The highest BCUT2D eigenvalue weighted by Crippen LogP contribution is 2.24. The van der Waals surface area contributed by atoms with Gasteiger partial charge in [-0.05, 0) is 35.2 Å². The van der Waals surface area contributed by atoms with Crippen molar-refractivity contribution in [2.75, 3.05) is 5.75 Å². The summed E-state index contributed by atoms with van der Waals surface area (Å²) in [7, 11) is 0. The van der Waals surface area contributed by atoms with Crippen LogP contribution in [0.2, 0.25) is 0 Å². The van der Waals surface area contributed by atoms with E-state index in [-0.39, 0.29) is 28.8 Å². The van der Waals surface area contributed by atoms with Crippen molar-refractivity contribution in [2.24, 2.45) is 0 Å². The van der Waals surface area contributed by atoms with E-state index in [0.717, 1.165) is 24.4 Å². The standard InChI is InChI=1S/C26H24N2O5S/c29-23-11-21(14-28-12-19-3-1-2-4-20(19)13-28)32-16-24(23)33-15-17-5-7-18(8-6-17)25(30)27-22-9-10-34-26(22)31/h1-8,11,16,22H,9-10,12-15H2,(H,27,30). The predicted molar refractivity (Wildman–Crippen MR) is 128 cm³/mol. The van der Waals surface area contributed by atoms with E-state index in [4.69, 9.17) is 9.15 Å². The first-order valence-corrected chi connectivity index (χ1v) is 12.1. The molecule has 1 aromatic heterocycles. The van der Waals surface area contributed by atoms with Crippen molar-refractivity contribution in [3.8, 4) is 5.75 Å². The molecular formula is C26H24N2O5S. The third-order valence-electron chi connectivity index (χ3n) is 5.99. The van der Waals surface area contributed by atoms with Gasteiger partial charge >= 0.3 is 0 Å². The predicted octanol–water partition coefficient (Wildman–Crippen LogP) is 3.50. The number of carbonyl (C=O) groups excluding carboxylic acids is 2. The normalized spacial score (nSPS) is 17.5. The first-order valence-electron chi connectivity index (χ1n) is 11.2. The van der Waals surface area contributed by atoms with Gasteiger partial charge in [-0.15, -0.1) is 0 Å². The van der Waals surface area contributed by atoms with Crippen LogP contribution in [0, 0.1) is 0 Å². The van der Waals surface area contributed by atoms with Crippen LogP contribution in [0.1, 0.15) is 39.2 Å². The van der Waals surface area contributed by atoms with Gasteiger partial charge in [-0.2, -0.15) is 0 Å². The van der Waals surface area contributed by atoms with Crippen molar-refractivity contribution in [1.82, 2.24) is 10.2 Å². The molecule has 1 N–H and O–H groups in total. The third kappa shape index (κ3) is 5.08. The van der Waals surface area contributed by atoms with E-state index >= 15 is 0 Å². The summed E-state index contributed by atoms with van der Waals surface area (Å²) >= 11 is 1.25. The van der Waals surface area contributed by atoms with E-state index in [1.165, 1.54) is 35.2 Å². The lowest BCUT2D eigenvalue weighted by Gasteiger charge is -2.14. The second-order valence-electron chi connectivity index (χ2n) is 8.46. The molecule has 1 amide bonds. The molecule has 1 saturated heterocycles. The Morgan fingerprint density at radius 2 is 1.82 bits per heavy atom. The second-order valence-corrected chi connectivity index (χ2v) is 9.56. The number of thioether (sulfide) groups is 1. The van der Waals surface area contributed by atoms with Gasteiger partial charge in [0.15, 0.2) is 0 Å². The number of fused-ring (bicyclic) bond motifs is 1. The fourth-order valence-corrected chi connectivity index (χ4v) is 5.08. The fourth-order valence-electron chi connectivity index (χ4n) is 4.14. The summed E-state index contributed by atoms with van der Waals surface area (Å²) in [5.74, 6) is 1.21. The maximum Gasteiger partial charge on any atom is 0.251 e. The summed E-state index contributed by atoms with van der Waals surface area (Å²) in [6.45, 7) is 2.40. The van der Waals surface area contributed by atoms with Crippen LogP contribution < -0.4 is 15.5 Å². The number of hydrogen-bond donors (Lipinski definition) is 1. The Morgan fingerprint density at radius 1 is 1.09 bits per heavy atom. The zero-order chi connectivity index (χ0) is 23.5. The Morgan fingerprint density at radius 3 is 2.47 bits per heavy atom. The summed E-state index contributed by atoms with van der Waals surface area (Å²) in [6, 6.07) is 16.3. The average molecular weight is 477 g/mol. The molecule has 0 spiro atoms. The van der Waals surface area contributed by atoms with Crippen molar-refractivity contribution in [1.29, 1.82) is 0 Å². The molecule has 3 heterocycles. The molecule has 1 fully saturated rings. The summed E-state index contributed by atoms with van der Waals surface area (Å²) in [5.41, 5.74) is 3.66. The molecule has 8 heteroatoms. The fraction of sp³-hybridized carbons (Fsp3) is 0.269. The Kier molecular flexibility index (Phi) is 6.51. The molecule has 174 valence electrons. The van der Waals surface area contributed by atoms with E-state index in [0.29, 0.717) is 24.3 Å². The van der Waals surface area contributed by atoms with E-state index in [2.05, 4.69) is 22.3 Å².